The van der Waals surface area contributed by atoms with Crippen LogP contribution in [0.4, 0.5) is 4.79 Å². The smallest absolute Gasteiger partial charge is 0.308 e. The van der Waals surface area contributed by atoms with E-state index in [0.717, 1.165) is 12.8 Å². The van der Waals surface area contributed by atoms with Crippen LogP contribution in [0, 0.1) is 0 Å². The van der Waals surface area contributed by atoms with Gasteiger partial charge in [-0.1, -0.05) is 32.6 Å². The molecule has 0 heterocycles. The summed E-state index contributed by atoms with van der Waals surface area (Å²) in [6.45, 7) is 2.75. The SMILES string of the molecule is CCCCCCCNC(=O)N=[N+]=[N-]. The average Bonchev–Trinajstić information content (AvgIpc) is 2.11. The quantitative estimate of drug-likeness (QED) is 0.293. The largest absolute Gasteiger partial charge is 0.351 e. The summed E-state index contributed by atoms with van der Waals surface area (Å²) in [5.41, 5.74) is 7.91. The lowest BCUT2D eigenvalue weighted by atomic mass is 10.1. The molecule has 0 aliphatic heterocycles. The van der Waals surface area contributed by atoms with E-state index in [9.17, 15) is 4.79 Å². The van der Waals surface area contributed by atoms with Crippen LogP contribution in [0.15, 0.2) is 5.11 Å². The van der Waals surface area contributed by atoms with E-state index in [0.29, 0.717) is 6.54 Å². The molecule has 0 aromatic heterocycles. The number of unbranched alkanes of at least 4 members (excludes halogenated alkanes) is 4. The second-order valence-corrected chi connectivity index (χ2v) is 2.84. The number of amides is 2. The first kappa shape index (κ1) is 11.8. The van der Waals surface area contributed by atoms with Crippen LogP contribution < -0.4 is 5.32 Å². The van der Waals surface area contributed by atoms with Gasteiger partial charge in [-0.2, -0.15) is 0 Å². The van der Waals surface area contributed by atoms with Crippen molar-refractivity contribution in [2.75, 3.05) is 6.54 Å². The van der Waals surface area contributed by atoms with Crippen LogP contribution in [0.25, 0.3) is 10.4 Å². The van der Waals surface area contributed by atoms with Crippen molar-refractivity contribution in [1.29, 1.82) is 0 Å². The molecule has 74 valence electrons. The number of carbonyl (C=O) groups is 1. The van der Waals surface area contributed by atoms with Crippen molar-refractivity contribution in [3.05, 3.63) is 10.4 Å². The van der Waals surface area contributed by atoms with Gasteiger partial charge in [-0.25, -0.2) is 0 Å². The topological polar surface area (TPSA) is 77.9 Å². The second kappa shape index (κ2) is 8.87. The van der Waals surface area contributed by atoms with Crippen molar-refractivity contribution in [2.24, 2.45) is 5.11 Å². The zero-order valence-electron chi connectivity index (χ0n) is 7.99. The number of nitrogens with zero attached hydrogens (tertiary/aromatic N) is 3. The highest BCUT2D eigenvalue weighted by Gasteiger charge is 1.94. The average molecular weight is 184 g/mol. The van der Waals surface area contributed by atoms with Crippen molar-refractivity contribution in [3.63, 3.8) is 0 Å². The van der Waals surface area contributed by atoms with E-state index in [4.69, 9.17) is 5.53 Å². The molecule has 0 rings (SSSR count). The molecule has 0 spiro atoms. The molecule has 0 aromatic rings. The van der Waals surface area contributed by atoms with Crippen molar-refractivity contribution in [2.45, 2.75) is 39.0 Å². The van der Waals surface area contributed by atoms with E-state index in [1.165, 1.54) is 19.3 Å². The molecular formula is C8H16N4O. The van der Waals surface area contributed by atoms with Crippen LogP contribution in [0.2, 0.25) is 0 Å². The Balaban J connectivity index is 3.16. The molecule has 0 atom stereocenters. The van der Waals surface area contributed by atoms with Crippen molar-refractivity contribution >= 4 is 6.03 Å². The molecule has 0 aliphatic rings. The third kappa shape index (κ3) is 8.69. The van der Waals surface area contributed by atoms with Crippen molar-refractivity contribution < 1.29 is 4.79 Å². The fraction of sp³-hybridized carbons (Fsp3) is 0.875. The predicted octanol–water partition coefficient (Wildman–Crippen LogP) is 2.98. The Morgan fingerprint density at radius 1 is 1.38 bits per heavy atom. The molecule has 0 saturated heterocycles. The van der Waals surface area contributed by atoms with Gasteiger partial charge in [-0.15, -0.1) is 0 Å². The highest BCUT2D eigenvalue weighted by atomic mass is 16.2. The second-order valence-electron chi connectivity index (χ2n) is 2.84. The Hall–Kier alpha value is -1.22. The minimum Gasteiger partial charge on any atom is -0.351 e. The van der Waals surface area contributed by atoms with E-state index >= 15 is 0 Å². The van der Waals surface area contributed by atoms with Gasteiger partial charge >= 0.3 is 6.03 Å². The van der Waals surface area contributed by atoms with Gasteiger partial charge in [0.25, 0.3) is 0 Å². The van der Waals surface area contributed by atoms with Crippen LogP contribution in [0.1, 0.15) is 39.0 Å². The van der Waals surface area contributed by atoms with Crippen LogP contribution in [0.3, 0.4) is 0 Å². The summed E-state index contributed by atoms with van der Waals surface area (Å²) < 4.78 is 0. The lowest BCUT2D eigenvalue weighted by molar-refractivity contribution is 0.248. The number of azide groups is 1. The highest BCUT2D eigenvalue weighted by Crippen LogP contribution is 2.00. The van der Waals surface area contributed by atoms with Gasteiger partial charge in [-0.05, 0) is 12.0 Å². The van der Waals surface area contributed by atoms with Crippen molar-refractivity contribution in [1.82, 2.24) is 5.32 Å². The summed E-state index contributed by atoms with van der Waals surface area (Å²) in [5.74, 6) is 0. The van der Waals surface area contributed by atoms with E-state index in [1.54, 1.807) is 0 Å². The molecular weight excluding hydrogens is 168 g/mol. The third-order valence-corrected chi connectivity index (χ3v) is 1.69. The molecule has 0 bridgehead atoms. The first-order valence-electron chi connectivity index (χ1n) is 4.64. The van der Waals surface area contributed by atoms with Gasteiger partial charge in [0.1, 0.15) is 0 Å². The Labute approximate surface area is 78.1 Å². The van der Waals surface area contributed by atoms with Crippen molar-refractivity contribution in [3.8, 4) is 0 Å². The van der Waals surface area contributed by atoms with Crippen LogP contribution in [-0.4, -0.2) is 12.6 Å². The van der Waals surface area contributed by atoms with E-state index in [1.807, 2.05) is 0 Å². The minimum atomic E-state index is -0.585. The number of hydrogen-bond acceptors (Lipinski definition) is 1. The Bertz CT molecular complexity index is 187. The van der Waals surface area contributed by atoms with Crippen LogP contribution in [-0.2, 0) is 0 Å². The summed E-state index contributed by atoms with van der Waals surface area (Å²) in [5, 5.41) is 5.39. The first-order valence-corrected chi connectivity index (χ1v) is 4.64. The lowest BCUT2D eigenvalue weighted by Crippen LogP contribution is -2.20. The Kier molecular flexibility index (Phi) is 8.04. The molecule has 0 radical (unpaired) electrons. The zero-order chi connectivity index (χ0) is 9.94. The summed E-state index contributed by atoms with van der Waals surface area (Å²) in [7, 11) is 0. The number of rotatable bonds is 6. The summed E-state index contributed by atoms with van der Waals surface area (Å²) >= 11 is 0. The number of urea groups is 1. The highest BCUT2D eigenvalue weighted by molar-refractivity contribution is 5.74. The molecule has 0 fully saturated rings. The molecule has 0 unspecified atom stereocenters. The lowest BCUT2D eigenvalue weighted by Gasteiger charge is -2.00. The maximum atomic E-state index is 10.6. The fourth-order valence-corrected chi connectivity index (χ4v) is 1.000. The van der Waals surface area contributed by atoms with Gasteiger partial charge < -0.3 is 5.32 Å². The predicted molar refractivity (Wildman–Crippen MR) is 51.3 cm³/mol. The van der Waals surface area contributed by atoms with Gasteiger partial charge in [0.2, 0.25) is 0 Å². The molecule has 0 aliphatic carbocycles. The monoisotopic (exact) mass is 184 g/mol. The fourth-order valence-electron chi connectivity index (χ4n) is 1.000. The van der Waals surface area contributed by atoms with E-state index < -0.39 is 6.03 Å². The normalized spacial score (nSPS) is 9.00. The summed E-state index contributed by atoms with van der Waals surface area (Å²) in [6.07, 6.45) is 5.72. The molecule has 2 amide bonds. The molecule has 0 saturated carbocycles. The van der Waals surface area contributed by atoms with Gasteiger partial charge in [0.05, 0.1) is 0 Å². The summed E-state index contributed by atoms with van der Waals surface area (Å²) in [6, 6.07) is -0.585. The maximum Gasteiger partial charge on any atom is 0.308 e. The molecule has 13 heavy (non-hydrogen) atoms. The standard InChI is InChI=1S/C8H16N4O/c1-2-3-4-5-6-7-10-8(13)11-12-9/h2-7H2,1H3,(H,10,13). The zero-order valence-corrected chi connectivity index (χ0v) is 7.99. The molecule has 5 nitrogen and oxygen atoms in total. The summed E-state index contributed by atoms with van der Waals surface area (Å²) in [4.78, 5) is 13.0. The molecule has 1 N–H and O–H groups in total. The number of nitrogens with one attached hydrogen (secondary N) is 1. The van der Waals surface area contributed by atoms with E-state index in [2.05, 4.69) is 22.3 Å². The Morgan fingerprint density at radius 3 is 2.69 bits per heavy atom. The van der Waals surface area contributed by atoms with Gasteiger partial charge in [0.15, 0.2) is 0 Å². The van der Waals surface area contributed by atoms with Crippen LogP contribution >= 0.6 is 0 Å². The number of carbonyl (C=O) groups excluding carboxylic acids is 1. The Morgan fingerprint density at radius 2 is 2.08 bits per heavy atom. The van der Waals surface area contributed by atoms with Crippen LogP contribution in [0.5, 0.6) is 0 Å². The maximum absolute atomic E-state index is 10.6. The number of hydrogen-bond donors (Lipinski definition) is 1. The third-order valence-electron chi connectivity index (χ3n) is 1.69. The van der Waals surface area contributed by atoms with E-state index in [-0.39, 0.29) is 0 Å². The molecule has 0 aromatic carbocycles. The van der Waals surface area contributed by atoms with Gasteiger partial charge in [-0.3, -0.25) is 4.79 Å². The van der Waals surface area contributed by atoms with Gasteiger partial charge in [0, 0.05) is 16.6 Å². The minimum absolute atomic E-state index is 0.585. The first-order chi connectivity index (χ1) is 6.31. The molecule has 5 heteroatoms.